The molecule has 2 aromatic heterocycles. The van der Waals surface area contributed by atoms with Crippen LogP contribution in [0.5, 0.6) is 0 Å². The maximum atomic E-state index is 12.8. The minimum atomic E-state index is -0.925. The maximum Gasteiger partial charge on any atom is 0.339 e. The Hall–Kier alpha value is -2.87. The number of aromatic nitrogens is 3. The smallest absolute Gasteiger partial charge is 0.339 e. The molecule has 1 atom stereocenters. The molecule has 1 amide bonds. The van der Waals surface area contributed by atoms with Gasteiger partial charge in [0.25, 0.3) is 5.91 Å². The molecule has 3 aromatic rings. The molecule has 0 aliphatic rings. The van der Waals surface area contributed by atoms with E-state index >= 15 is 0 Å². The van der Waals surface area contributed by atoms with Crippen molar-refractivity contribution < 1.29 is 14.3 Å². The quantitative estimate of drug-likeness (QED) is 0.629. The average molecular weight is 398 g/mol. The average Bonchev–Trinajstić information content (AvgIpc) is 3.13. The molecule has 0 bridgehead atoms. The maximum absolute atomic E-state index is 12.8. The van der Waals surface area contributed by atoms with Crippen LogP contribution in [0, 0.1) is 6.92 Å². The van der Waals surface area contributed by atoms with Crippen LogP contribution in [0.3, 0.4) is 0 Å². The van der Waals surface area contributed by atoms with E-state index in [4.69, 9.17) is 4.74 Å². The molecule has 0 aliphatic carbocycles. The summed E-state index contributed by atoms with van der Waals surface area (Å²) in [7, 11) is 0. The van der Waals surface area contributed by atoms with Gasteiger partial charge < -0.3 is 4.74 Å². The monoisotopic (exact) mass is 398 g/mol. The number of anilines is 1. The summed E-state index contributed by atoms with van der Waals surface area (Å²) in [5.74, 6) is -0.743. The number of nitrogens with one attached hydrogen (secondary N) is 1. The molecule has 1 aromatic carbocycles. The minimum Gasteiger partial charge on any atom is -0.449 e. The van der Waals surface area contributed by atoms with Gasteiger partial charge in [-0.3, -0.25) is 15.1 Å². The highest BCUT2D eigenvalue weighted by Crippen LogP contribution is 2.23. The van der Waals surface area contributed by atoms with Crippen molar-refractivity contribution in [1.29, 1.82) is 0 Å². The van der Waals surface area contributed by atoms with Crippen LogP contribution < -0.4 is 5.32 Å². The van der Waals surface area contributed by atoms with Crippen molar-refractivity contribution in [1.82, 2.24) is 15.2 Å². The lowest BCUT2D eigenvalue weighted by Crippen LogP contribution is -2.32. The Kier molecular flexibility index (Phi) is 5.99. The second kappa shape index (κ2) is 8.43. The van der Waals surface area contributed by atoms with Crippen molar-refractivity contribution in [2.75, 3.05) is 5.32 Å². The van der Waals surface area contributed by atoms with Crippen molar-refractivity contribution in [2.45, 2.75) is 46.1 Å². The van der Waals surface area contributed by atoms with Gasteiger partial charge in [-0.05, 0) is 25.5 Å². The minimum absolute atomic E-state index is 0.228. The van der Waals surface area contributed by atoms with Gasteiger partial charge in [-0.1, -0.05) is 50.3 Å². The molecular formula is C20H22N4O3S. The zero-order chi connectivity index (χ0) is 20.3. The summed E-state index contributed by atoms with van der Waals surface area (Å²) in [4.78, 5) is 29.8. The first-order valence-electron chi connectivity index (χ1n) is 9.10. The molecule has 28 heavy (non-hydrogen) atoms. The van der Waals surface area contributed by atoms with Gasteiger partial charge in [0.15, 0.2) is 6.10 Å². The Morgan fingerprint density at radius 3 is 2.64 bits per heavy atom. The van der Waals surface area contributed by atoms with E-state index in [-0.39, 0.29) is 5.92 Å². The molecule has 0 saturated heterocycles. The van der Waals surface area contributed by atoms with Gasteiger partial charge in [0.2, 0.25) is 5.13 Å². The highest BCUT2D eigenvalue weighted by molar-refractivity contribution is 7.15. The number of ether oxygens (including phenoxy) is 1. The van der Waals surface area contributed by atoms with Crippen LogP contribution in [0.1, 0.15) is 54.2 Å². The van der Waals surface area contributed by atoms with E-state index in [1.54, 1.807) is 13.0 Å². The number of carbonyl (C=O) groups is 2. The van der Waals surface area contributed by atoms with Crippen molar-refractivity contribution in [3.63, 3.8) is 0 Å². The molecule has 0 saturated carbocycles. The Bertz CT molecular complexity index is 1020. The number of para-hydroxylation sites is 1. The molecule has 1 unspecified atom stereocenters. The number of fused-ring (bicyclic) bond motifs is 1. The van der Waals surface area contributed by atoms with E-state index in [0.717, 1.165) is 5.01 Å². The Labute approximate surface area is 167 Å². The van der Waals surface area contributed by atoms with Gasteiger partial charge in [0, 0.05) is 17.0 Å². The van der Waals surface area contributed by atoms with E-state index in [2.05, 4.69) is 20.5 Å². The summed E-state index contributed by atoms with van der Waals surface area (Å²) < 4.78 is 5.51. The summed E-state index contributed by atoms with van der Waals surface area (Å²) in [5, 5.41) is 12.6. The number of nitrogens with zero attached hydrogens (tertiary/aromatic N) is 3. The fraction of sp³-hybridized carbons (Fsp3) is 0.350. The number of hydrogen-bond donors (Lipinski definition) is 1. The summed E-state index contributed by atoms with van der Waals surface area (Å²) in [6.45, 7) is 7.61. The Morgan fingerprint density at radius 2 is 1.96 bits per heavy atom. The molecule has 2 heterocycles. The van der Waals surface area contributed by atoms with Crippen molar-refractivity contribution >= 4 is 39.2 Å². The van der Waals surface area contributed by atoms with Crippen LogP contribution in [-0.2, 0) is 9.53 Å². The summed E-state index contributed by atoms with van der Waals surface area (Å²) in [5.41, 5.74) is 1.81. The van der Waals surface area contributed by atoms with E-state index in [0.29, 0.717) is 33.7 Å². The largest absolute Gasteiger partial charge is 0.449 e. The first-order chi connectivity index (χ1) is 13.4. The number of aryl methyl sites for hydroxylation is 1. The third-order valence-electron chi connectivity index (χ3n) is 4.14. The van der Waals surface area contributed by atoms with Crippen LogP contribution >= 0.6 is 11.3 Å². The lowest BCUT2D eigenvalue weighted by atomic mass is 10.1. The van der Waals surface area contributed by atoms with Gasteiger partial charge >= 0.3 is 5.97 Å². The summed E-state index contributed by atoms with van der Waals surface area (Å²) >= 11 is 1.31. The van der Waals surface area contributed by atoms with Gasteiger partial charge in [-0.25, -0.2) is 4.79 Å². The molecule has 0 spiro atoms. The lowest BCUT2D eigenvalue weighted by Gasteiger charge is -2.16. The number of hydrogen-bond acceptors (Lipinski definition) is 7. The number of amides is 1. The molecular weight excluding hydrogens is 376 g/mol. The first kappa shape index (κ1) is 19.9. The molecule has 1 N–H and O–H groups in total. The van der Waals surface area contributed by atoms with Crippen LogP contribution in [-0.4, -0.2) is 33.2 Å². The Morgan fingerprint density at radius 1 is 1.21 bits per heavy atom. The Balaban J connectivity index is 1.77. The van der Waals surface area contributed by atoms with E-state index in [1.807, 2.05) is 45.0 Å². The molecule has 0 radical (unpaired) electrons. The number of benzene rings is 1. The van der Waals surface area contributed by atoms with Crippen LogP contribution in [0.15, 0.2) is 30.3 Å². The van der Waals surface area contributed by atoms with Gasteiger partial charge in [0.05, 0.1) is 11.1 Å². The second-order valence-corrected chi connectivity index (χ2v) is 7.73. The van der Waals surface area contributed by atoms with E-state index < -0.39 is 18.0 Å². The predicted octanol–water partition coefficient (Wildman–Crippen LogP) is 4.09. The van der Waals surface area contributed by atoms with Crippen molar-refractivity contribution in [3.05, 3.63) is 46.6 Å². The van der Waals surface area contributed by atoms with Crippen LogP contribution in [0.2, 0.25) is 0 Å². The number of carbonyl (C=O) groups excluding carboxylic acids is 2. The summed E-state index contributed by atoms with van der Waals surface area (Å²) in [6.07, 6.45) is -0.582. The normalized spacial score (nSPS) is 12.2. The topological polar surface area (TPSA) is 94.1 Å². The molecule has 3 rings (SSSR count). The fourth-order valence-corrected chi connectivity index (χ4v) is 3.44. The van der Waals surface area contributed by atoms with Gasteiger partial charge in [-0.2, -0.15) is 0 Å². The fourth-order valence-electron chi connectivity index (χ4n) is 2.70. The van der Waals surface area contributed by atoms with Crippen LogP contribution in [0.4, 0.5) is 5.13 Å². The molecule has 146 valence electrons. The molecule has 7 nitrogen and oxygen atoms in total. The van der Waals surface area contributed by atoms with Gasteiger partial charge in [0.1, 0.15) is 5.01 Å². The van der Waals surface area contributed by atoms with E-state index in [1.165, 1.54) is 11.3 Å². The molecule has 8 heteroatoms. The summed E-state index contributed by atoms with van der Waals surface area (Å²) in [6, 6.07) is 9.02. The second-order valence-electron chi connectivity index (χ2n) is 6.72. The zero-order valence-electron chi connectivity index (χ0n) is 16.2. The first-order valence-corrected chi connectivity index (χ1v) is 9.92. The lowest BCUT2D eigenvalue weighted by molar-refractivity contribution is -0.124. The highest BCUT2D eigenvalue weighted by atomic mass is 32.1. The van der Waals surface area contributed by atoms with Crippen LogP contribution in [0.25, 0.3) is 10.9 Å². The molecule has 0 fully saturated rings. The highest BCUT2D eigenvalue weighted by Gasteiger charge is 2.24. The van der Waals surface area contributed by atoms with Crippen molar-refractivity contribution in [2.24, 2.45) is 0 Å². The number of pyridine rings is 1. The van der Waals surface area contributed by atoms with Gasteiger partial charge in [-0.15, -0.1) is 10.2 Å². The number of rotatable bonds is 6. The van der Waals surface area contributed by atoms with Crippen molar-refractivity contribution in [3.8, 4) is 0 Å². The number of esters is 1. The predicted molar refractivity (Wildman–Crippen MR) is 109 cm³/mol. The zero-order valence-corrected chi connectivity index (χ0v) is 17.0. The SMILES string of the molecule is CCC(OC(=O)c1cc(C)nc2ccccc12)C(=O)Nc1nnc(C(C)C)s1. The third kappa shape index (κ3) is 4.33. The molecule has 0 aliphatic heterocycles. The standard InChI is InChI=1S/C20H22N4O3S/c1-5-16(17(25)22-20-24-23-18(28-20)11(2)3)27-19(26)14-10-12(4)21-15-9-7-6-8-13(14)15/h6-11,16H,5H2,1-4H3,(H,22,24,25). The third-order valence-corrected chi connectivity index (χ3v) is 5.28. The van der Waals surface area contributed by atoms with E-state index in [9.17, 15) is 9.59 Å².